The van der Waals surface area contributed by atoms with E-state index >= 15 is 0 Å². The quantitative estimate of drug-likeness (QED) is 0.512. The summed E-state index contributed by atoms with van der Waals surface area (Å²) < 4.78 is 0.608. The lowest BCUT2D eigenvalue weighted by molar-refractivity contribution is -0.605. The molecule has 0 aromatic carbocycles. The second-order valence-corrected chi connectivity index (χ2v) is 3.70. The molecule has 12 heavy (non-hydrogen) atoms. The zero-order chi connectivity index (χ0) is 9.30. The number of halogens is 2. The van der Waals surface area contributed by atoms with Gasteiger partial charge in [-0.25, -0.2) is 0 Å². The fourth-order valence-electron chi connectivity index (χ4n) is 1.07. The largest absolute Gasteiger partial charge is 0.619 e. The summed E-state index contributed by atoms with van der Waals surface area (Å²) in [5.41, 5.74) is 0.824. The van der Waals surface area contributed by atoms with E-state index in [-0.39, 0.29) is 5.92 Å². The van der Waals surface area contributed by atoms with Crippen molar-refractivity contribution in [1.82, 2.24) is 0 Å². The maximum Gasteiger partial charge on any atom is 0.199 e. The molecule has 66 valence electrons. The lowest BCUT2D eigenvalue weighted by Gasteiger charge is -2.08. The molecule has 1 rings (SSSR count). The fraction of sp³-hybridized carbons (Fsp3) is 0.375. The van der Waals surface area contributed by atoms with Crippen LogP contribution in [0.3, 0.4) is 0 Å². The summed E-state index contributed by atoms with van der Waals surface area (Å²) in [5, 5.41) is 11.7. The SMILES string of the molecule is CC(C)c1c(Cl)c[n+]([O-])cc1Cl. The van der Waals surface area contributed by atoms with Crippen LogP contribution in [0.2, 0.25) is 10.0 Å². The molecule has 0 atom stereocenters. The molecule has 0 amide bonds. The molecule has 0 bridgehead atoms. The van der Waals surface area contributed by atoms with E-state index in [1.165, 1.54) is 12.4 Å². The van der Waals surface area contributed by atoms with Gasteiger partial charge in [0.1, 0.15) is 10.0 Å². The topological polar surface area (TPSA) is 26.9 Å². The molecule has 1 aromatic rings. The van der Waals surface area contributed by atoms with Gasteiger partial charge in [-0.3, -0.25) is 0 Å². The third-order valence-electron chi connectivity index (χ3n) is 1.57. The van der Waals surface area contributed by atoms with Gasteiger partial charge in [0.15, 0.2) is 12.4 Å². The Labute approximate surface area is 81.3 Å². The first-order valence-corrected chi connectivity index (χ1v) is 4.35. The van der Waals surface area contributed by atoms with Crippen LogP contribution in [0.25, 0.3) is 0 Å². The van der Waals surface area contributed by atoms with Crippen molar-refractivity contribution >= 4 is 23.2 Å². The highest BCUT2D eigenvalue weighted by atomic mass is 35.5. The van der Waals surface area contributed by atoms with Crippen molar-refractivity contribution in [2.45, 2.75) is 19.8 Å². The third kappa shape index (κ3) is 1.82. The molecule has 0 aliphatic rings. The van der Waals surface area contributed by atoms with E-state index < -0.39 is 0 Å². The lowest BCUT2D eigenvalue weighted by atomic mass is 10.1. The molecule has 0 N–H and O–H groups in total. The minimum Gasteiger partial charge on any atom is -0.619 e. The summed E-state index contributed by atoms with van der Waals surface area (Å²) in [6.45, 7) is 3.95. The van der Waals surface area contributed by atoms with Gasteiger partial charge in [-0.2, -0.15) is 4.73 Å². The van der Waals surface area contributed by atoms with E-state index in [1.807, 2.05) is 13.8 Å². The van der Waals surface area contributed by atoms with Crippen molar-refractivity contribution in [3.05, 3.63) is 33.2 Å². The summed E-state index contributed by atoms with van der Waals surface area (Å²) >= 11 is 11.6. The van der Waals surface area contributed by atoms with Gasteiger partial charge in [-0.1, -0.05) is 37.0 Å². The minimum atomic E-state index is 0.228. The van der Waals surface area contributed by atoms with Crippen LogP contribution < -0.4 is 4.73 Å². The van der Waals surface area contributed by atoms with Gasteiger partial charge in [-0.15, -0.1) is 0 Å². The summed E-state index contributed by atoms with van der Waals surface area (Å²) in [6.07, 6.45) is 2.62. The zero-order valence-electron chi connectivity index (χ0n) is 6.84. The molecule has 0 fully saturated rings. The lowest BCUT2D eigenvalue weighted by Crippen LogP contribution is -2.25. The van der Waals surface area contributed by atoms with Crippen molar-refractivity contribution in [1.29, 1.82) is 0 Å². The van der Waals surface area contributed by atoms with Crippen molar-refractivity contribution < 1.29 is 4.73 Å². The second-order valence-electron chi connectivity index (χ2n) is 2.88. The first-order chi connectivity index (χ1) is 5.52. The maximum absolute atomic E-state index is 10.8. The summed E-state index contributed by atoms with van der Waals surface area (Å²) in [7, 11) is 0. The number of hydrogen-bond acceptors (Lipinski definition) is 1. The highest BCUT2D eigenvalue weighted by Gasteiger charge is 2.13. The van der Waals surface area contributed by atoms with Gasteiger partial charge in [0, 0.05) is 5.56 Å². The zero-order valence-corrected chi connectivity index (χ0v) is 8.36. The predicted octanol–water partition coefficient (Wildman–Crippen LogP) is 2.75. The highest BCUT2D eigenvalue weighted by Crippen LogP contribution is 2.29. The van der Waals surface area contributed by atoms with E-state index in [2.05, 4.69) is 0 Å². The monoisotopic (exact) mass is 205 g/mol. The normalized spacial score (nSPS) is 10.8. The average molecular weight is 206 g/mol. The Balaban J connectivity index is 3.28. The van der Waals surface area contributed by atoms with Crippen molar-refractivity contribution in [2.75, 3.05) is 0 Å². The van der Waals surface area contributed by atoms with E-state index in [1.54, 1.807) is 0 Å². The van der Waals surface area contributed by atoms with Crippen LogP contribution in [0.15, 0.2) is 12.4 Å². The molecule has 2 nitrogen and oxygen atoms in total. The Morgan fingerprint density at radius 1 is 1.25 bits per heavy atom. The first kappa shape index (κ1) is 9.62. The molecule has 0 spiro atoms. The van der Waals surface area contributed by atoms with Gasteiger partial charge in [0.2, 0.25) is 0 Å². The Kier molecular flexibility index (Phi) is 2.80. The Hall–Kier alpha value is -0.470. The van der Waals surface area contributed by atoms with Crippen molar-refractivity contribution in [2.24, 2.45) is 0 Å². The van der Waals surface area contributed by atoms with E-state index in [0.717, 1.165) is 5.56 Å². The number of rotatable bonds is 1. The molecule has 0 saturated carbocycles. The maximum atomic E-state index is 10.8. The average Bonchev–Trinajstić information content (AvgIpc) is 1.82. The van der Waals surface area contributed by atoms with E-state index in [4.69, 9.17) is 23.2 Å². The van der Waals surface area contributed by atoms with E-state index in [9.17, 15) is 5.21 Å². The fourth-order valence-corrected chi connectivity index (χ4v) is 1.95. The number of pyridine rings is 1. The molecule has 1 aromatic heterocycles. The Morgan fingerprint density at radius 3 is 2.00 bits per heavy atom. The first-order valence-electron chi connectivity index (χ1n) is 3.60. The van der Waals surface area contributed by atoms with Crippen LogP contribution >= 0.6 is 23.2 Å². The molecule has 0 aliphatic heterocycles. The molecular formula is C8H9Cl2NO. The van der Waals surface area contributed by atoms with Crippen LogP contribution in [0.4, 0.5) is 0 Å². The van der Waals surface area contributed by atoms with Crippen LogP contribution in [0.5, 0.6) is 0 Å². The standard InChI is InChI=1S/C8H9Cl2NO/c1-5(2)8-6(9)3-11(12)4-7(8)10/h3-5H,1-2H3. The molecule has 4 heteroatoms. The second kappa shape index (κ2) is 3.50. The van der Waals surface area contributed by atoms with Crippen LogP contribution in [-0.2, 0) is 0 Å². The van der Waals surface area contributed by atoms with Crippen LogP contribution in [-0.4, -0.2) is 0 Å². The Morgan fingerprint density at radius 2 is 1.67 bits per heavy atom. The summed E-state index contributed by atoms with van der Waals surface area (Å²) in [4.78, 5) is 0. The minimum absolute atomic E-state index is 0.228. The van der Waals surface area contributed by atoms with Gasteiger partial charge < -0.3 is 5.21 Å². The van der Waals surface area contributed by atoms with Gasteiger partial charge in [-0.05, 0) is 5.92 Å². The van der Waals surface area contributed by atoms with Crippen LogP contribution in [0, 0.1) is 5.21 Å². The summed E-state index contributed by atoms with van der Waals surface area (Å²) in [5.74, 6) is 0.228. The van der Waals surface area contributed by atoms with Gasteiger partial charge in [0.25, 0.3) is 0 Å². The predicted molar refractivity (Wildman–Crippen MR) is 49.5 cm³/mol. The van der Waals surface area contributed by atoms with Crippen LogP contribution in [0.1, 0.15) is 25.3 Å². The summed E-state index contributed by atoms with van der Waals surface area (Å²) in [6, 6.07) is 0. The number of aromatic nitrogens is 1. The molecular weight excluding hydrogens is 197 g/mol. The number of nitrogens with zero attached hydrogens (tertiary/aromatic N) is 1. The van der Waals surface area contributed by atoms with Gasteiger partial charge in [0.05, 0.1) is 0 Å². The number of hydrogen-bond donors (Lipinski definition) is 0. The molecule has 0 aliphatic carbocycles. The molecule has 0 unspecified atom stereocenters. The smallest absolute Gasteiger partial charge is 0.199 e. The molecule has 0 radical (unpaired) electrons. The van der Waals surface area contributed by atoms with Gasteiger partial charge >= 0.3 is 0 Å². The van der Waals surface area contributed by atoms with Crippen molar-refractivity contribution in [3.8, 4) is 0 Å². The Bertz CT molecular complexity index is 276. The molecule has 0 saturated heterocycles. The molecule has 1 heterocycles. The van der Waals surface area contributed by atoms with Crippen molar-refractivity contribution in [3.63, 3.8) is 0 Å². The third-order valence-corrected chi connectivity index (χ3v) is 2.18. The highest BCUT2D eigenvalue weighted by molar-refractivity contribution is 6.35. The van der Waals surface area contributed by atoms with E-state index in [0.29, 0.717) is 14.8 Å².